The van der Waals surface area contributed by atoms with Crippen molar-refractivity contribution in [2.45, 2.75) is 19.8 Å². The number of aromatic nitrogens is 3. The first-order valence-electron chi connectivity index (χ1n) is 19.4. The highest BCUT2D eigenvalue weighted by atomic mass is 16.5. The topological polar surface area (TPSA) is 87.7 Å². The first kappa shape index (κ1) is 35.6. The number of hydrogen-bond donors (Lipinski definition) is 1. The summed E-state index contributed by atoms with van der Waals surface area (Å²) >= 11 is 0. The second-order valence-corrected chi connectivity index (χ2v) is 14.4. The van der Waals surface area contributed by atoms with Gasteiger partial charge in [-0.05, 0) is 89.5 Å². The van der Waals surface area contributed by atoms with Gasteiger partial charge >= 0.3 is 5.97 Å². The number of nitrogens with zero attached hydrogens (tertiary/aromatic N) is 3. The number of ether oxygens (including phenoxy) is 3. The number of carbonyl (C=O) groups is 1. The zero-order valence-corrected chi connectivity index (χ0v) is 31.9. The lowest BCUT2D eigenvalue weighted by Gasteiger charge is -2.15. The standard InChI is InChI=1S/C51H37N3O5/c55-51(56)50-49(18-9-27-52-50)59-33-36-28-39(57-31-34-19-23-37(24-20-34)53-45-14-5-1-10-41(45)42-11-2-6-15-46(42)53)30-40(29-36)58-32-35-21-25-38(26-22-35)54-47-16-7-3-12-43(47)44-13-4-8-17-48(44)54/h1-30H,31-33H2,(H,55,56). The average molecular weight is 772 g/mol. The van der Waals surface area contributed by atoms with Crippen LogP contribution in [0.15, 0.2) is 182 Å². The fraction of sp³-hybridized carbons (Fsp3) is 0.0588. The lowest BCUT2D eigenvalue weighted by Crippen LogP contribution is -2.06. The van der Waals surface area contributed by atoms with E-state index in [0.717, 1.165) is 50.1 Å². The minimum atomic E-state index is -1.16. The lowest BCUT2D eigenvalue weighted by molar-refractivity contribution is 0.0684. The van der Waals surface area contributed by atoms with Gasteiger partial charge in [0.25, 0.3) is 0 Å². The molecule has 1 N–H and O–H groups in total. The predicted octanol–water partition coefficient (Wildman–Crippen LogP) is 11.7. The van der Waals surface area contributed by atoms with Gasteiger partial charge in [-0.1, -0.05) is 97.1 Å². The average Bonchev–Trinajstić information content (AvgIpc) is 3.80. The first-order chi connectivity index (χ1) is 29.1. The van der Waals surface area contributed by atoms with Gasteiger partial charge in [-0.25, -0.2) is 9.78 Å². The molecular weight excluding hydrogens is 735 g/mol. The van der Waals surface area contributed by atoms with Crippen molar-refractivity contribution in [2.24, 2.45) is 0 Å². The summed E-state index contributed by atoms with van der Waals surface area (Å²) in [5, 5.41) is 14.5. The van der Waals surface area contributed by atoms with Gasteiger partial charge in [0.1, 0.15) is 31.3 Å². The first-order valence-corrected chi connectivity index (χ1v) is 19.4. The van der Waals surface area contributed by atoms with Crippen LogP contribution in [0.1, 0.15) is 27.2 Å². The monoisotopic (exact) mass is 771 g/mol. The van der Waals surface area contributed by atoms with E-state index in [0.29, 0.717) is 24.7 Å². The third-order valence-electron chi connectivity index (χ3n) is 10.7. The molecule has 0 aliphatic carbocycles. The van der Waals surface area contributed by atoms with Crippen LogP contribution < -0.4 is 14.2 Å². The molecule has 0 radical (unpaired) electrons. The number of aromatic carboxylic acids is 1. The van der Waals surface area contributed by atoms with Crippen molar-refractivity contribution in [3.8, 4) is 28.6 Å². The van der Waals surface area contributed by atoms with Gasteiger partial charge in [0, 0.05) is 45.2 Å². The van der Waals surface area contributed by atoms with Crippen molar-refractivity contribution in [1.82, 2.24) is 14.1 Å². The van der Waals surface area contributed by atoms with Crippen molar-refractivity contribution in [1.29, 1.82) is 0 Å². The smallest absolute Gasteiger partial charge is 0.358 e. The Morgan fingerprint density at radius 1 is 0.458 bits per heavy atom. The molecule has 0 saturated carbocycles. The molecule has 10 rings (SSSR count). The number of carboxylic acids is 1. The minimum Gasteiger partial charge on any atom is -0.489 e. The SMILES string of the molecule is O=C(O)c1ncccc1OCc1cc(OCc2ccc(-n3c4ccccc4c4ccccc43)cc2)cc(OCc2ccc(-n3c4ccccc4c4ccccc43)cc2)c1. The predicted molar refractivity (Wildman–Crippen MR) is 232 cm³/mol. The van der Waals surface area contributed by atoms with E-state index in [-0.39, 0.29) is 18.1 Å². The number of para-hydroxylation sites is 4. The van der Waals surface area contributed by atoms with Crippen molar-refractivity contribution in [3.63, 3.8) is 0 Å². The molecule has 0 bridgehead atoms. The Morgan fingerprint density at radius 3 is 1.29 bits per heavy atom. The molecule has 0 aliphatic heterocycles. The zero-order valence-electron chi connectivity index (χ0n) is 31.9. The van der Waals surface area contributed by atoms with E-state index >= 15 is 0 Å². The highest BCUT2D eigenvalue weighted by Crippen LogP contribution is 2.34. The second-order valence-electron chi connectivity index (χ2n) is 14.4. The van der Waals surface area contributed by atoms with Crippen LogP contribution in [0.25, 0.3) is 55.0 Å². The summed E-state index contributed by atoms with van der Waals surface area (Å²) in [5.41, 5.74) is 9.38. The number of benzene rings is 7. The maximum Gasteiger partial charge on any atom is 0.358 e. The molecule has 10 aromatic rings. The van der Waals surface area contributed by atoms with Crippen LogP contribution in [-0.2, 0) is 19.8 Å². The molecule has 59 heavy (non-hydrogen) atoms. The molecule has 0 amide bonds. The van der Waals surface area contributed by atoms with Crippen LogP contribution in [0, 0.1) is 0 Å². The Morgan fingerprint density at radius 2 is 0.864 bits per heavy atom. The highest BCUT2D eigenvalue weighted by Gasteiger charge is 2.15. The Labute approximate surface area is 339 Å². The Kier molecular flexibility index (Phi) is 9.19. The molecular formula is C51H37N3O5. The summed E-state index contributed by atoms with van der Waals surface area (Å²) in [6.45, 7) is 0.737. The normalized spacial score (nSPS) is 11.4. The molecule has 286 valence electrons. The Hall–Kier alpha value is -7.84. The molecule has 0 atom stereocenters. The van der Waals surface area contributed by atoms with E-state index in [1.54, 1.807) is 12.1 Å². The van der Waals surface area contributed by atoms with Crippen LogP contribution in [0.4, 0.5) is 0 Å². The van der Waals surface area contributed by atoms with Crippen LogP contribution >= 0.6 is 0 Å². The number of carboxylic acid groups (broad SMARTS) is 1. The molecule has 0 aliphatic rings. The van der Waals surface area contributed by atoms with Gasteiger partial charge in [-0.15, -0.1) is 0 Å². The van der Waals surface area contributed by atoms with Crippen LogP contribution in [-0.4, -0.2) is 25.2 Å². The van der Waals surface area contributed by atoms with E-state index in [9.17, 15) is 9.90 Å². The second kappa shape index (κ2) is 15.2. The molecule has 0 saturated heterocycles. The number of pyridine rings is 1. The fourth-order valence-electron chi connectivity index (χ4n) is 7.93. The molecule has 0 unspecified atom stereocenters. The van der Waals surface area contributed by atoms with Gasteiger partial charge in [0.2, 0.25) is 0 Å². The Bertz CT molecular complexity index is 2860. The summed E-state index contributed by atoms with van der Waals surface area (Å²) in [7, 11) is 0. The molecule has 0 spiro atoms. The van der Waals surface area contributed by atoms with E-state index in [2.05, 4.69) is 160 Å². The summed E-state index contributed by atoms with van der Waals surface area (Å²) in [5.74, 6) is 0.216. The molecule has 3 aromatic heterocycles. The number of rotatable bonds is 12. The maximum atomic E-state index is 11.8. The summed E-state index contributed by atoms with van der Waals surface area (Å²) in [4.78, 5) is 15.8. The van der Waals surface area contributed by atoms with Gasteiger partial charge < -0.3 is 28.5 Å². The van der Waals surface area contributed by atoms with Crippen molar-refractivity contribution in [3.05, 3.63) is 205 Å². The number of hydrogen-bond acceptors (Lipinski definition) is 5. The van der Waals surface area contributed by atoms with E-state index in [4.69, 9.17) is 14.2 Å². The van der Waals surface area contributed by atoms with E-state index < -0.39 is 5.97 Å². The third kappa shape index (κ3) is 6.87. The number of fused-ring (bicyclic) bond motifs is 6. The molecule has 7 aromatic carbocycles. The van der Waals surface area contributed by atoms with Gasteiger partial charge in [-0.2, -0.15) is 0 Å². The van der Waals surface area contributed by atoms with Crippen molar-refractivity contribution in [2.75, 3.05) is 0 Å². The molecule has 8 nitrogen and oxygen atoms in total. The van der Waals surface area contributed by atoms with Gasteiger partial charge in [0.15, 0.2) is 11.4 Å². The fourth-order valence-corrected chi connectivity index (χ4v) is 7.93. The summed E-state index contributed by atoms with van der Waals surface area (Å²) in [6, 6.07) is 59.6. The quantitative estimate of drug-likeness (QED) is 0.133. The Balaban J connectivity index is 0.893. The van der Waals surface area contributed by atoms with E-state index in [1.807, 2.05) is 18.2 Å². The summed E-state index contributed by atoms with van der Waals surface area (Å²) < 4.78 is 23.3. The molecule has 8 heteroatoms. The third-order valence-corrected chi connectivity index (χ3v) is 10.7. The van der Waals surface area contributed by atoms with Crippen molar-refractivity contribution < 1.29 is 24.1 Å². The summed E-state index contributed by atoms with van der Waals surface area (Å²) in [6.07, 6.45) is 1.43. The van der Waals surface area contributed by atoms with Gasteiger partial charge in [-0.3, -0.25) is 0 Å². The molecule has 0 fully saturated rings. The van der Waals surface area contributed by atoms with Crippen molar-refractivity contribution >= 4 is 49.6 Å². The minimum absolute atomic E-state index is 0.0838. The lowest BCUT2D eigenvalue weighted by atomic mass is 10.2. The highest BCUT2D eigenvalue weighted by molar-refractivity contribution is 6.10. The van der Waals surface area contributed by atoms with Crippen LogP contribution in [0.5, 0.6) is 17.2 Å². The van der Waals surface area contributed by atoms with Crippen LogP contribution in [0.2, 0.25) is 0 Å². The van der Waals surface area contributed by atoms with Gasteiger partial charge in [0.05, 0.1) is 22.1 Å². The van der Waals surface area contributed by atoms with E-state index in [1.165, 1.54) is 27.7 Å². The zero-order chi connectivity index (χ0) is 39.7. The largest absolute Gasteiger partial charge is 0.489 e. The van der Waals surface area contributed by atoms with Crippen LogP contribution in [0.3, 0.4) is 0 Å². The molecule has 3 heterocycles. The maximum absolute atomic E-state index is 11.8.